The minimum Gasteiger partial charge on any atom is -0.480 e. The second-order valence-corrected chi connectivity index (χ2v) is 6.02. The first-order chi connectivity index (χ1) is 10.0. The van der Waals surface area contributed by atoms with Crippen LogP contribution in [0.5, 0.6) is 0 Å². The van der Waals surface area contributed by atoms with Crippen molar-refractivity contribution in [2.75, 3.05) is 0 Å². The van der Waals surface area contributed by atoms with Crippen LogP contribution in [0.25, 0.3) is 11.0 Å². The molecule has 1 N–H and O–H groups in total. The molecule has 0 unspecified atom stereocenters. The van der Waals surface area contributed by atoms with Gasteiger partial charge < -0.3 is 9.67 Å². The second-order valence-electron chi connectivity index (χ2n) is 5.24. The molecule has 4 nitrogen and oxygen atoms in total. The Bertz CT molecular complexity index is 803. The summed E-state index contributed by atoms with van der Waals surface area (Å²) in [5, 5.41) is 13.3. The van der Waals surface area contributed by atoms with Gasteiger partial charge in [-0.3, -0.25) is 4.79 Å². The van der Waals surface area contributed by atoms with Gasteiger partial charge in [-0.15, -0.1) is 0 Å². The van der Waals surface area contributed by atoms with E-state index < -0.39 is 5.97 Å². The number of benzene rings is 1. The van der Waals surface area contributed by atoms with Crippen molar-refractivity contribution in [3.63, 3.8) is 0 Å². The van der Waals surface area contributed by atoms with Crippen LogP contribution >= 0.6 is 11.3 Å². The third-order valence-corrected chi connectivity index (χ3v) is 4.41. The fourth-order valence-electron chi connectivity index (χ4n) is 2.45. The fourth-order valence-corrected chi connectivity index (χ4v) is 3.12. The van der Waals surface area contributed by atoms with Gasteiger partial charge in [0.1, 0.15) is 12.4 Å². The van der Waals surface area contributed by atoms with Gasteiger partial charge in [-0.25, -0.2) is 4.98 Å². The van der Waals surface area contributed by atoms with E-state index in [0.29, 0.717) is 6.42 Å². The molecule has 0 aliphatic rings. The van der Waals surface area contributed by atoms with Crippen molar-refractivity contribution in [3.05, 3.63) is 51.5 Å². The Hall–Kier alpha value is -2.14. The van der Waals surface area contributed by atoms with Crippen LogP contribution < -0.4 is 0 Å². The number of rotatable bonds is 4. The maximum atomic E-state index is 11.2. The SMILES string of the molecule is Cc1cc2nc(Cc3ccsc3)n(CC(=O)O)c2cc1C. The summed E-state index contributed by atoms with van der Waals surface area (Å²) < 4.78 is 1.81. The smallest absolute Gasteiger partial charge is 0.323 e. The number of hydrogen-bond donors (Lipinski definition) is 1. The summed E-state index contributed by atoms with van der Waals surface area (Å²) >= 11 is 1.64. The highest BCUT2D eigenvalue weighted by Gasteiger charge is 2.14. The highest BCUT2D eigenvalue weighted by molar-refractivity contribution is 7.07. The molecule has 0 atom stereocenters. The predicted octanol–water partition coefficient (Wildman–Crippen LogP) is 3.39. The maximum Gasteiger partial charge on any atom is 0.323 e. The molecule has 0 aliphatic heterocycles. The van der Waals surface area contributed by atoms with Crippen molar-refractivity contribution < 1.29 is 9.90 Å². The predicted molar refractivity (Wildman–Crippen MR) is 84.0 cm³/mol. The van der Waals surface area contributed by atoms with E-state index in [1.54, 1.807) is 11.3 Å². The highest BCUT2D eigenvalue weighted by Crippen LogP contribution is 2.23. The largest absolute Gasteiger partial charge is 0.480 e. The zero-order chi connectivity index (χ0) is 15.0. The number of aliphatic carboxylic acids is 1. The van der Waals surface area contributed by atoms with Gasteiger partial charge in [0.15, 0.2) is 0 Å². The van der Waals surface area contributed by atoms with E-state index in [-0.39, 0.29) is 6.54 Å². The van der Waals surface area contributed by atoms with Crippen LogP contribution in [0.4, 0.5) is 0 Å². The number of aryl methyl sites for hydroxylation is 2. The van der Waals surface area contributed by atoms with E-state index in [4.69, 9.17) is 0 Å². The van der Waals surface area contributed by atoms with E-state index in [2.05, 4.69) is 10.4 Å². The molecule has 0 saturated carbocycles. The molecule has 0 amide bonds. The average Bonchev–Trinajstić information content (AvgIpc) is 3.01. The van der Waals surface area contributed by atoms with Gasteiger partial charge >= 0.3 is 5.97 Å². The first-order valence-electron chi connectivity index (χ1n) is 6.74. The second kappa shape index (κ2) is 5.33. The van der Waals surface area contributed by atoms with E-state index in [1.165, 1.54) is 5.56 Å². The molecule has 0 spiro atoms. The zero-order valence-electron chi connectivity index (χ0n) is 12.0. The quantitative estimate of drug-likeness (QED) is 0.803. The normalized spacial score (nSPS) is 11.1. The average molecular weight is 300 g/mol. The molecule has 3 aromatic rings. The number of aromatic nitrogens is 2. The summed E-state index contributed by atoms with van der Waals surface area (Å²) in [7, 11) is 0. The van der Waals surface area contributed by atoms with Crippen LogP contribution in [-0.2, 0) is 17.8 Å². The number of thiophene rings is 1. The van der Waals surface area contributed by atoms with Crippen LogP contribution in [0.1, 0.15) is 22.5 Å². The third-order valence-electron chi connectivity index (χ3n) is 3.68. The third kappa shape index (κ3) is 2.69. The molecule has 3 rings (SSSR count). The Kier molecular flexibility index (Phi) is 3.51. The lowest BCUT2D eigenvalue weighted by Crippen LogP contribution is -2.12. The van der Waals surface area contributed by atoms with Crippen LogP contribution in [0, 0.1) is 13.8 Å². The molecule has 108 valence electrons. The Morgan fingerprint density at radius 1 is 1.33 bits per heavy atom. The summed E-state index contributed by atoms with van der Waals surface area (Å²) in [4.78, 5) is 15.8. The maximum absolute atomic E-state index is 11.2. The Balaban J connectivity index is 2.15. The van der Waals surface area contributed by atoms with Crippen LogP contribution in [0.15, 0.2) is 29.0 Å². The molecule has 0 radical (unpaired) electrons. The number of carboxylic acids is 1. The van der Waals surface area contributed by atoms with Crippen LogP contribution in [0.3, 0.4) is 0 Å². The Morgan fingerprint density at radius 3 is 2.76 bits per heavy atom. The van der Waals surface area contributed by atoms with Gasteiger partial charge in [-0.05, 0) is 59.5 Å². The molecule has 21 heavy (non-hydrogen) atoms. The van der Waals surface area contributed by atoms with E-state index >= 15 is 0 Å². The number of carbonyl (C=O) groups is 1. The highest BCUT2D eigenvalue weighted by atomic mass is 32.1. The summed E-state index contributed by atoms with van der Waals surface area (Å²) in [6.45, 7) is 4.02. The molecule has 2 heterocycles. The first-order valence-corrected chi connectivity index (χ1v) is 7.68. The minimum atomic E-state index is -0.848. The van der Waals surface area contributed by atoms with Crippen molar-refractivity contribution in [1.82, 2.24) is 9.55 Å². The number of fused-ring (bicyclic) bond motifs is 1. The summed E-state index contributed by atoms with van der Waals surface area (Å²) in [5.74, 6) is -0.0464. The van der Waals surface area contributed by atoms with Crippen LogP contribution in [-0.4, -0.2) is 20.6 Å². The summed E-state index contributed by atoms with van der Waals surface area (Å²) in [5.41, 5.74) is 5.24. The molecule has 0 fully saturated rings. The van der Waals surface area contributed by atoms with Gasteiger partial charge in [0.2, 0.25) is 0 Å². The summed E-state index contributed by atoms with van der Waals surface area (Å²) in [6.07, 6.45) is 0.656. The first kappa shape index (κ1) is 13.8. The lowest BCUT2D eigenvalue weighted by Gasteiger charge is -2.06. The van der Waals surface area contributed by atoms with Crippen molar-refractivity contribution in [3.8, 4) is 0 Å². The number of carboxylic acid groups (broad SMARTS) is 1. The summed E-state index contributed by atoms with van der Waals surface area (Å²) in [6, 6.07) is 6.10. The molecule has 0 aliphatic carbocycles. The van der Waals surface area contributed by atoms with Gasteiger partial charge in [0.25, 0.3) is 0 Å². The Labute approximate surface area is 126 Å². The molecular weight excluding hydrogens is 284 g/mol. The van der Waals surface area contributed by atoms with Crippen molar-refractivity contribution in [1.29, 1.82) is 0 Å². The van der Waals surface area contributed by atoms with Crippen molar-refractivity contribution in [2.24, 2.45) is 0 Å². The zero-order valence-corrected chi connectivity index (χ0v) is 12.8. The number of imidazole rings is 1. The monoisotopic (exact) mass is 300 g/mol. The van der Waals surface area contributed by atoms with Gasteiger partial charge in [-0.1, -0.05) is 0 Å². The topological polar surface area (TPSA) is 55.1 Å². The van der Waals surface area contributed by atoms with Gasteiger partial charge in [-0.2, -0.15) is 11.3 Å². The van der Waals surface area contributed by atoms with Gasteiger partial charge in [0.05, 0.1) is 11.0 Å². The van der Waals surface area contributed by atoms with Crippen LogP contribution in [0.2, 0.25) is 0 Å². The lowest BCUT2D eigenvalue weighted by molar-refractivity contribution is -0.137. The van der Waals surface area contributed by atoms with Crippen molar-refractivity contribution >= 4 is 28.3 Å². The van der Waals surface area contributed by atoms with Crippen molar-refractivity contribution in [2.45, 2.75) is 26.8 Å². The van der Waals surface area contributed by atoms with Gasteiger partial charge in [0, 0.05) is 6.42 Å². The van der Waals surface area contributed by atoms with E-state index in [9.17, 15) is 9.90 Å². The molecular formula is C16H16N2O2S. The number of nitrogens with zero attached hydrogens (tertiary/aromatic N) is 2. The minimum absolute atomic E-state index is 0.0571. The standard InChI is InChI=1S/C16H16N2O2S/c1-10-5-13-14(6-11(10)2)18(8-16(19)20)15(17-13)7-12-3-4-21-9-12/h3-6,9H,7-8H2,1-2H3,(H,19,20). The number of hydrogen-bond acceptors (Lipinski definition) is 3. The molecule has 5 heteroatoms. The lowest BCUT2D eigenvalue weighted by atomic mass is 10.1. The van der Waals surface area contributed by atoms with E-state index in [1.807, 2.05) is 42.0 Å². The molecule has 0 saturated heterocycles. The van der Waals surface area contributed by atoms with E-state index in [0.717, 1.165) is 28.0 Å². The molecule has 1 aromatic carbocycles. The Morgan fingerprint density at radius 2 is 2.10 bits per heavy atom. The molecule has 2 aromatic heterocycles. The molecule has 0 bridgehead atoms. The fraction of sp³-hybridized carbons (Fsp3) is 0.250.